The minimum atomic E-state index is -0.268. The average Bonchev–Trinajstić information content (AvgIpc) is 2.57. The summed E-state index contributed by atoms with van der Waals surface area (Å²) in [5, 5.41) is 3.89. The number of aromatic nitrogens is 2. The molecule has 1 fully saturated rings. The van der Waals surface area contributed by atoms with Crippen molar-refractivity contribution in [1.29, 1.82) is 0 Å². The molecule has 0 bridgehead atoms. The second-order valence-electron chi connectivity index (χ2n) is 5.79. The molecule has 1 aliphatic rings. The van der Waals surface area contributed by atoms with E-state index in [1.807, 2.05) is 0 Å². The van der Waals surface area contributed by atoms with Crippen LogP contribution in [0.5, 0.6) is 5.75 Å². The summed E-state index contributed by atoms with van der Waals surface area (Å²) >= 11 is 0. The summed E-state index contributed by atoms with van der Waals surface area (Å²) in [5.41, 5.74) is 0.114. The zero-order valence-electron chi connectivity index (χ0n) is 13.0. The summed E-state index contributed by atoms with van der Waals surface area (Å²) in [4.78, 5) is 25.2. The first-order valence-electron chi connectivity index (χ1n) is 7.63. The Labute approximate surface area is 128 Å². The summed E-state index contributed by atoms with van der Waals surface area (Å²) in [5.74, 6) is 0.616. The Kier molecular flexibility index (Phi) is 4.02. The van der Waals surface area contributed by atoms with E-state index in [0.29, 0.717) is 23.2 Å². The van der Waals surface area contributed by atoms with Crippen LogP contribution in [-0.2, 0) is 13.6 Å². The Morgan fingerprint density at radius 3 is 2.82 bits per heavy atom. The monoisotopic (exact) mass is 303 g/mol. The molecule has 1 saturated heterocycles. The van der Waals surface area contributed by atoms with Gasteiger partial charge in [0.1, 0.15) is 5.75 Å². The standard InChI is InChI=1S/C16H21N3O3/c1-18-14-7-6-12(22-2)9-13(14)15(20)19(16(18)21)10-11-5-3-4-8-17-11/h6-7,9,11,17H,3-5,8,10H2,1-2H3. The van der Waals surface area contributed by atoms with Gasteiger partial charge in [-0.05, 0) is 37.6 Å². The van der Waals surface area contributed by atoms with Gasteiger partial charge in [-0.25, -0.2) is 4.79 Å². The van der Waals surface area contributed by atoms with Gasteiger partial charge in [0.2, 0.25) is 0 Å². The molecule has 0 aliphatic carbocycles. The third kappa shape index (κ3) is 2.54. The number of fused-ring (bicyclic) bond motifs is 1. The first-order chi connectivity index (χ1) is 10.6. The molecule has 0 amide bonds. The van der Waals surface area contributed by atoms with Crippen LogP contribution in [-0.4, -0.2) is 28.8 Å². The van der Waals surface area contributed by atoms with E-state index < -0.39 is 0 Å². The number of piperidine rings is 1. The first-order valence-corrected chi connectivity index (χ1v) is 7.63. The SMILES string of the molecule is COc1ccc2c(c1)c(=O)n(CC1CCCCN1)c(=O)n2C. The Morgan fingerprint density at radius 2 is 2.14 bits per heavy atom. The van der Waals surface area contributed by atoms with E-state index in [9.17, 15) is 9.59 Å². The van der Waals surface area contributed by atoms with Gasteiger partial charge in [0.25, 0.3) is 5.56 Å². The number of nitrogens with zero attached hydrogens (tertiary/aromatic N) is 2. The molecular weight excluding hydrogens is 282 g/mol. The molecule has 1 aromatic carbocycles. The summed E-state index contributed by atoms with van der Waals surface area (Å²) in [7, 11) is 3.26. The van der Waals surface area contributed by atoms with E-state index in [4.69, 9.17) is 4.74 Å². The largest absolute Gasteiger partial charge is 0.497 e. The summed E-state index contributed by atoms with van der Waals surface area (Å²) < 4.78 is 8.05. The number of methoxy groups -OCH3 is 1. The lowest BCUT2D eigenvalue weighted by molar-refractivity contribution is 0.353. The second kappa shape index (κ2) is 5.96. The van der Waals surface area contributed by atoms with Crippen LogP contribution in [0.3, 0.4) is 0 Å². The minimum absolute atomic E-state index is 0.183. The fourth-order valence-corrected chi connectivity index (χ4v) is 3.08. The van der Waals surface area contributed by atoms with Gasteiger partial charge in [0.05, 0.1) is 18.0 Å². The molecule has 22 heavy (non-hydrogen) atoms. The maximum absolute atomic E-state index is 12.7. The van der Waals surface area contributed by atoms with E-state index in [1.165, 1.54) is 9.13 Å². The Balaban J connectivity index is 2.12. The molecule has 1 N–H and O–H groups in total. The van der Waals surface area contributed by atoms with Gasteiger partial charge < -0.3 is 10.1 Å². The Morgan fingerprint density at radius 1 is 1.32 bits per heavy atom. The van der Waals surface area contributed by atoms with Crippen molar-refractivity contribution >= 4 is 10.9 Å². The maximum Gasteiger partial charge on any atom is 0.331 e. The van der Waals surface area contributed by atoms with Crippen molar-refractivity contribution in [3.05, 3.63) is 39.0 Å². The highest BCUT2D eigenvalue weighted by molar-refractivity contribution is 5.79. The molecule has 0 radical (unpaired) electrons. The van der Waals surface area contributed by atoms with Crippen LogP contribution < -0.4 is 21.3 Å². The second-order valence-corrected chi connectivity index (χ2v) is 5.79. The number of aryl methyl sites for hydroxylation is 1. The fourth-order valence-electron chi connectivity index (χ4n) is 3.08. The lowest BCUT2D eigenvalue weighted by atomic mass is 10.1. The van der Waals surface area contributed by atoms with Crippen molar-refractivity contribution in [2.45, 2.75) is 31.8 Å². The van der Waals surface area contributed by atoms with Gasteiger partial charge in [-0.2, -0.15) is 0 Å². The van der Waals surface area contributed by atoms with Crippen molar-refractivity contribution in [1.82, 2.24) is 14.5 Å². The minimum Gasteiger partial charge on any atom is -0.497 e. The summed E-state index contributed by atoms with van der Waals surface area (Å²) in [6, 6.07) is 5.39. The van der Waals surface area contributed by atoms with Crippen molar-refractivity contribution in [3.8, 4) is 5.75 Å². The van der Waals surface area contributed by atoms with Crippen molar-refractivity contribution in [2.24, 2.45) is 7.05 Å². The number of rotatable bonds is 3. The maximum atomic E-state index is 12.7. The number of ether oxygens (including phenoxy) is 1. The normalized spacial score (nSPS) is 18.5. The molecule has 0 saturated carbocycles. The van der Waals surface area contributed by atoms with Crippen LogP contribution in [0.15, 0.2) is 27.8 Å². The van der Waals surface area contributed by atoms with E-state index in [2.05, 4.69) is 5.32 Å². The van der Waals surface area contributed by atoms with Crippen molar-refractivity contribution in [2.75, 3.05) is 13.7 Å². The molecule has 2 heterocycles. The third-order valence-electron chi connectivity index (χ3n) is 4.37. The van der Waals surface area contributed by atoms with Crippen molar-refractivity contribution < 1.29 is 4.74 Å². The number of benzene rings is 1. The van der Waals surface area contributed by atoms with Gasteiger partial charge in [-0.3, -0.25) is 13.9 Å². The van der Waals surface area contributed by atoms with Crippen LogP contribution >= 0.6 is 0 Å². The molecule has 1 aliphatic heterocycles. The zero-order chi connectivity index (χ0) is 15.7. The number of hydrogen-bond acceptors (Lipinski definition) is 4. The van der Waals surface area contributed by atoms with Crippen LogP contribution in [0.4, 0.5) is 0 Å². The molecule has 0 spiro atoms. The van der Waals surface area contributed by atoms with Crippen LogP contribution in [0.1, 0.15) is 19.3 Å². The van der Waals surface area contributed by atoms with Gasteiger partial charge in [-0.1, -0.05) is 6.42 Å². The molecule has 3 rings (SSSR count). The molecule has 1 aromatic heterocycles. The zero-order valence-corrected chi connectivity index (χ0v) is 13.0. The lowest BCUT2D eigenvalue weighted by Crippen LogP contribution is -2.46. The van der Waals surface area contributed by atoms with E-state index >= 15 is 0 Å². The van der Waals surface area contributed by atoms with Gasteiger partial charge >= 0.3 is 5.69 Å². The van der Waals surface area contributed by atoms with Gasteiger partial charge in [0, 0.05) is 19.6 Å². The quantitative estimate of drug-likeness (QED) is 0.913. The summed E-state index contributed by atoms with van der Waals surface area (Å²) in [6.07, 6.45) is 3.28. The molecule has 6 nitrogen and oxygen atoms in total. The van der Waals surface area contributed by atoms with E-state index in [1.54, 1.807) is 32.4 Å². The Bertz CT molecular complexity index is 801. The molecule has 1 atom stereocenters. The average molecular weight is 303 g/mol. The highest BCUT2D eigenvalue weighted by Gasteiger charge is 2.17. The highest BCUT2D eigenvalue weighted by Crippen LogP contribution is 2.16. The topological polar surface area (TPSA) is 65.3 Å². The number of hydrogen-bond donors (Lipinski definition) is 1. The predicted octanol–water partition coefficient (Wildman–Crippen LogP) is 0.851. The summed E-state index contributed by atoms with van der Waals surface area (Å²) in [6.45, 7) is 1.36. The van der Waals surface area contributed by atoms with Gasteiger partial charge in [0.15, 0.2) is 0 Å². The molecule has 2 aromatic rings. The van der Waals surface area contributed by atoms with E-state index in [-0.39, 0.29) is 17.3 Å². The molecule has 1 unspecified atom stereocenters. The molecule has 118 valence electrons. The third-order valence-corrected chi connectivity index (χ3v) is 4.37. The lowest BCUT2D eigenvalue weighted by Gasteiger charge is -2.24. The smallest absolute Gasteiger partial charge is 0.331 e. The van der Waals surface area contributed by atoms with Crippen LogP contribution in [0, 0.1) is 0 Å². The van der Waals surface area contributed by atoms with Crippen LogP contribution in [0.2, 0.25) is 0 Å². The van der Waals surface area contributed by atoms with Crippen molar-refractivity contribution in [3.63, 3.8) is 0 Å². The first kappa shape index (κ1) is 14.8. The van der Waals surface area contributed by atoms with Crippen LogP contribution in [0.25, 0.3) is 10.9 Å². The number of nitrogens with one attached hydrogen (secondary N) is 1. The van der Waals surface area contributed by atoms with Gasteiger partial charge in [-0.15, -0.1) is 0 Å². The Hall–Kier alpha value is -2.08. The van der Waals surface area contributed by atoms with E-state index in [0.717, 1.165) is 25.8 Å². The highest BCUT2D eigenvalue weighted by atomic mass is 16.5. The molecule has 6 heteroatoms. The predicted molar refractivity (Wildman–Crippen MR) is 85.6 cm³/mol. The fraction of sp³-hybridized carbons (Fsp3) is 0.500. The molecular formula is C16H21N3O3.